The number of rotatable bonds is 4. The van der Waals surface area contributed by atoms with Gasteiger partial charge in [0.05, 0.1) is 6.54 Å². The van der Waals surface area contributed by atoms with E-state index in [1.165, 1.54) is 0 Å². The first kappa shape index (κ1) is 13.1. The van der Waals surface area contributed by atoms with Crippen molar-refractivity contribution in [3.05, 3.63) is 35.9 Å². The van der Waals surface area contributed by atoms with Gasteiger partial charge >= 0.3 is 5.97 Å². The number of esters is 1. The van der Waals surface area contributed by atoms with Gasteiger partial charge in [-0.2, -0.15) is 0 Å². The Balaban J connectivity index is 1.75. The lowest BCUT2D eigenvalue weighted by atomic mass is 10.2. The molecule has 0 saturated carbocycles. The molecule has 98 valence electrons. The van der Waals surface area contributed by atoms with Crippen LogP contribution in [0.1, 0.15) is 12.5 Å². The standard InChI is InChI=1S/C14H20N2O2/c1-12-9-15-7-8-16(12)10-14(17)18-11-13-5-3-2-4-6-13/h2-6,12,15H,7-11H2,1H3. The Kier molecular flexibility index (Phi) is 4.73. The minimum atomic E-state index is -0.146. The molecule has 4 nitrogen and oxygen atoms in total. The van der Waals surface area contributed by atoms with E-state index in [2.05, 4.69) is 17.1 Å². The molecule has 1 aromatic carbocycles. The molecule has 1 aliphatic heterocycles. The fourth-order valence-corrected chi connectivity index (χ4v) is 2.07. The van der Waals surface area contributed by atoms with Crippen molar-refractivity contribution in [1.82, 2.24) is 10.2 Å². The molecular weight excluding hydrogens is 228 g/mol. The van der Waals surface area contributed by atoms with E-state index in [1.54, 1.807) is 0 Å². The van der Waals surface area contributed by atoms with Crippen LogP contribution in [-0.4, -0.2) is 43.1 Å². The number of carbonyl (C=O) groups is 1. The van der Waals surface area contributed by atoms with E-state index in [0.717, 1.165) is 25.2 Å². The molecule has 0 spiro atoms. The first-order valence-corrected chi connectivity index (χ1v) is 6.40. The molecular formula is C14H20N2O2. The van der Waals surface area contributed by atoms with E-state index < -0.39 is 0 Å². The summed E-state index contributed by atoms with van der Waals surface area (Å²) in [5.74, 6) is -0.146. The molecule has 0 amide bonds. The second kappa shape index (κ2) is 6.52. The maximum atomic E-state index is 11.7. The average Bonchev–Trinajstić information content (AvgIpc) is 2.40. The van der Waals surface area contributed by atoms with Gasteiger partial charge in [0.2, 0.25) is 0 Å². The van der Waals surface area contributed by atoms with E-state index in [0.29, 0.717) is 19.2 Å². The molecule has 1 aliphatic rings. The first-order chi connectivity index (χ1) is 8.75. The van der Waals surface area contributed by atoms with Crippen LogP contribution in [0.15, 0.2) is 30.3 Å². The van der Waals surface area contributed by atoms with E-state index >= 15 is 0 Å². The minimum absolute atomic E-state index is 0.146. The Morgan fingerprint density at radius 2 is 2.22 bits per heavy atom. The monoisotopic (exact) mass is 248 g/mol. The molecule has 0 radical (unpaired) electrons. The Hall–Kier alpha value is -1.39. The summed E-state index contributed by atoms with van der Waals surface area (Å²) >= 11 is 0. The molecule has 1 heterocycles. The normalized spacial score (nSPS) is 20.6. The molecule has 1 atom stereocenters. The molecule has 0 bridgehead atoms. The lowest BCUT2D eigenvalue weighted by Crippen LogP contribution is -2.51. The summed E-state index contributed by atoms with van der Waals surface area (Å²) in [6, 6.07) is 10.2. The van der Waals surface area contributed by atoms with Crippen LogP contribution in [0.2, 0.25) is 0 Å². The van der Waals surface area contributed by atoms with E-state index in [-0.39, 0.29) is 5.97 Å². The number of nitrogens with one attached hydrogen (secondary N) is 1. The predicted molar refractivity (Wildman–Crippen MR) is 70.1 cm³/mol. The Labute approximate surface area is 108 Å². The van der Waals surface area contributed by atoms with Crippen molar-refractivity contribution in [3.8, 4) is 0 Å². The lowest BCUT2D eigenvalue weighted by Gasteiger charge is -2.32. The van der Waals surface area contributed by atoms with Crippen LogP contribution >= 0.6 is 0 Å². The number of ether oxygens (including phenoxy) is 1. The summed E-state index contributed by atoms with van der Waals surface area (Å²) in [6.45, 7) is 5.65. The highest BCUT2D eigenvalue weighted by Crippen LogP contribution is 2.04. The molecule has 1 aromatic rings. The van der Waals surface area contributed by atoms with Gasteiger partial charge in [0.1, 0.15) is 6.61 Å². The van der Waals surface area contributed by atoms with Crippen molar-refractivity contribution in [2.45, 2.75) is 19.6 Å². The third-order valence-electron chi connectivity index (χ3n) is 3.21. The summed E-state index contributed by atoms with van der Waals surface area (Å²) in [6.07, 6.45) is 0. The molecule has 1 N–H and O–H groups in total. The summed E-state index contributed by atoms with van der Waals surface area (Å²) in [5.41, 5.74) is 1.03. The van der Waals surface area contributed by atoms with Gasteiger partial charge < -0.3 is 10.1 Å². The van der Waals surface area contributed by atoms with Crippen molar-refractivity contribution in [3.63, 3.8) is 0 Å². The molecule has 2 rings (SSSR count). The predicted octanol–water partition coefficient (Wildman–Crippen LogP) is 1.02. The van der Waals surface area contributed by atoms with Crippen molar-refractivity contribution in [2.75, 3.05) is 26.2 Å². The highest BCUT2D eigenvalue weighted by Gasteiger charge is 2.20. The van der Waals surface area contributed by atoms with Crippen LogP contribution in [0.5, 0.6) is 0 Å². The zero-order chi connectivity index (χ0) is 12.8. The van der Waals surface area contributed by atoms with Crippen LogP contribution in [0.4, 0.5) is 0 Å². The van der Waals surface area contributed by atoms with Crippen LogP contribution < -0.4 is 5.32 Å². The minimum Gasteiger partial charge on any atom is -0.460 e. The molecule has 18 heavy (non-hydrogen) atoms. The topological polar surface area (TPSA) is 41.6 Å². The van der Waals surface area contributed by atoms with Crippen molar-refractivity contribution in [1.29, 1.82) is 0 Å². The molecule has 1 saturated heterocycles. The quantitative estimate of drug-likeness (QED) is 0.808. The van der Waals surface area contributed by atoms with E-state index in [9.17, 15) is 4.79 Å². The van der Waals surface area contributed by atoms with E-state index in [4.69, 9.17) is 4.74 Å². The lowest BCUT2D eigenvalue weighted by molar-refractivity contribution is -0.147. The fourth-order valence-electron chi connectivity index (χ4n) is 2.07. The Morgan fingerprint density at radius 1 is 1.44 bits per heavy atom. The number of hydrogen-bond donors (Lipinski definition) is 1. The second-order valence-electron chi connectivity index (χ2n) is 4.67. The molecule has 0 aliphatic carbocycles. The third-order valence-corrected chi connectivity index (χ3v) is 3.21. The number of nitrogens with zero attached hydrogens (tertiary/aromatic N) is 1. The third kappa shape index (κ3) is 3.82. The fraction of sp³-hybridized carbons (Fsp3) is 0.500. The first-order valence-electron chi connectivity index (χ1n) is 6.40. The maximum Gasteiger partial charge on any atom is 0.320 e. The Morgan fingerprint density at radius 3 is 2.94 bits per heavy atom. The van der Waals surface area contributed by atoms with Gasteiger partial charge in [-0.1, -0.05) is 30.3 Å². The van der Waals surface area contributed by atoms with Crippen molar-refractivity contribution < 1.29 is 9.53 Å². The largest absolute Gasteiger partial charge is 0.460 e. The highest BCUT2D eigenvalue weighted by atomic mass is 16.5. The van der Waals surface area contributed by atoms with Gasteiger partial charge in [0, 0.05) is 25.7 Å². The van der Waals surface area contributed by atoms with Crippen molar-refractivity contribution >= 4 is 5.97 Å². The number of carbonyl (C=O) groups excluding carboxylic acids is 1. The summed E-state index contributed by atoms with van der Waals surface area (Å²) in [4.78, 5) is 13.9. The zero-order valence-electron chi connectivity index (χ0n) is 10.8. The van der Waals surface area contributed by atoms with Gasteiger partial charge in [-0.15, -0.1) is 0 Å². The maximum absolute atomic E-state index is 11.7. The second-order valence-corrected chi connectivity index (χ2v) is 4.67. The summed E-state index contributed by atoms with van der Waals surface area (Å²) in [7, 11) is 0. The summed E-state index contributed by atoms with van der Waals surface area (Å²) in [5, 5.41) is 3.30. The van der Waals surface area contributed by atoms with Gasteiger partial charge in [-0.05, 0) is 12.5 Å². The van der Waals surface area contributed by atoms with Gasteiger partial charge in [0.25, 0.3) is 0 Å². The van der Waals surface area contributed by atoms with Crippen LogP contribution in [0, 0.1) is 0 Å². The van der Waals surface area contributed by atoms with E-state index in [1.807, 2.05) is 30.3 Å². The average molecular weight is 248 g/mol. The van der Waals surface area contributed by atoms with Gasteiger partial charge in [-0.25, -0.2) is 0 Å². The number of piperazine rings is 1. The Bertz CT molecular complexity index is 381. The van der Waals surface area contributed by atoms with Gasteiger partial charge in [0.15, 0.2) is 0 Å². The number of benzene rings is 1. The zero-order valence-corrected chi connectivity index (χ0v) is 10.8. The van der Waals surface area contributed by atoms with Crippen LogP contribution in [0.25, 0.3) is 0 Å². The summed E-state index contributed by atoms with van der Waals surface area (Å²) < 4.78 is 5.28. The molecule has 4 heteroatoms. The van der Waals surface area contributed by atoms with Crippen LogP contribution in [-0.2, 0) is 16.1 Å². The van der Waals surface area contributed by atoms with Crippen molar-refractivity contribution in [2.24, 2.45) is 0 Å². The number of hydrogen-bond acceptors (Lipinski definition) is 4. The molecule has 0 aromatic heterocycles. The van der Waals surface area contributed by atoms with Crippen LogP contribution in [0.3, 0.4) is 0 Å². The highest BCUT2D eigenvalue weighted by molar-refractivity contribution is 5.71. The molecule has 1 fully saturated rings. The molecule has 1 unspecified atom stereocenters. The smallest absolute Gasteiger partial charge is 0.320 e. The van der Waals surface area contributed by atoms with Gasteiger partial charge in [-0.3, -0.25) is 9.69 Å². The SMILES string of the molecule is CC1CNCCN1CC(=O)OCc1ccccc1.